The molecule has 0 unspecified atom stereocenters. The number of anilines is 1. The second-order valence-electron chi connectivity index (χ2n) is 8.90. The molecule has 0 bridgehead atoms. The number of hydrogen-bond acceptors (Lipinski definition) is 4. The van der Waals surface area contributed by atoms with Crippen LogP contribution in [0.5, 0.6) is 0 Å². The van der Waals surface area contributed by atoms with E-state index in [0.717, 1.165) is 22.5 Å². The van der Waals surface area contributed by atoms with Crippen molar-refractivity contribution in [3.05, 3.63) is 100 Å². The number of benzene rings is 3. The summed E-state index contributed by atoms with van der Waals surface area (Å²) in [6.45, 7) is 1.94. The second kappa shape index (κ2) is 13.6. The maximum Gasteiger partial charge on any atom is 0.244 e. The van der Waals surface area contributed by atoms with Gasteiger partial charge in [-0.3, -0.25) is 13.9 Å². The topological polar surface area (TPSA) is 86.8 Å². The summed E-state index contributed by atoms with van der Waals surface area (Å²) in [5.74, 6) is -0.859. The Morgan fingerprint density at radius 1 is 0.895 bits per heavy atom. The van der Waals surface area contributed by atoms with Crippen LogP contribution in [-0.4, -0.2) is 50.5 Å². The molecule has 1 atom stereocenters. The first-order chi connectivity index (χ1) is 18.1. The molecule has 0 aliphatic carbocycles. The average molecular weight is 577 g/mol. The van der Waals surface area contributed by atoms with Crippen molar-refractivity contribution in [3.63, 3.8) is 0 Å². The van der Waals surface area contributed by atoms with Crippen molar-refractivity contribution in [2.24, 2.45) is 0 Å². The summed E-state index contributed by atoms with van der Waals surface area (Å²) in [5.41, 5.74) is 1.83. The highest BCUT2D eigenvalue weighted by Gasteiger charge is 2.33. The van der Waals surface area contributed by atoms with Gasteiger partial charge in [-0.15, -0.1) is 0 Å². The number of nitrogens with zero attached hydrogens (tertiary/aromatic N) is 2. The largest absolute Gasteiger partial charge is 0.354 e. The van der Waals surface area contributed by atoms with Crippen LogP contribution in [-0.2, 0) is 32.6 Å². The molecule has 3 aromatic rings. The molecule has 202 valence electrons. The Morgan fingerprint density at radius 2 is 1.53 bits per heavy atom. The van der Waals surface area contributed by atoms with Gasteiger partial charge in [0.25, 0.3) is 0 Å². The van der Waals surface area contributed by atoms with Crippen molar-refractivity contribution in [1.29, 1.82) is 0 Å². The molecule has 3 aromatic carbocycles. The van der Waals surface area contributed by atoms with E-state index >= 15 is 0 Å². The number of halogens is 2. The molecule has 3 rings (SSSR count). The van der Waals surface area contributed by atoms with Crippen LogP contribution < -0.4 is 9.62 Å². The molecule has 0 radical (unpaired) electrons. The van der Waals surface area contributed by atoms with E-state index in [0.29, 0.717) is 22.2 Å². The number of amides is 2. The van der Waals surface area contributed by atoms with Gasteiger partial charge >= 0.3 is 0 Å². The first-order valence-corrected chi connectivity index (χ1v) is 14.8. The van der Waals surface area contributed by atoms with E-state index in [4.69, 9.17) is 23.2 Å². The summed E-state index contributed by atoms with van der Waals surface area (Å²) in [7, 11) is -3.86. The zero-order valence-electron chi connectivity index (χ0n) is 21.3. The highest BCUT2D eigenvalue weighted by molar-refractivity contribution is 7.92. The molecule has 0 aliphatic heterocycles. The van der Waals surface area contributed by atoms with Crippen molar-refractivity contribution in [2.75, 3.05) is 23.7 Å². The molecule has 2 amide bonds. The van der Waals surface area contributed by atoms with Crippen LogP contribution in [0.15, 0.2) is 78.9 Å². The fourth-order valence-electron chi connectivity index (χ4n) is 4.00. The highest BCUT2D eigenvalue weighted by Crippen LogP contribution is 2.23. The fourth-order valence-corrected chi connectivity index (χ4v) is 5.24. The van der Waals surface area contributed by atoms with Crippen LogP contribution in [0.1, 0.15) is 24.5 Å². The number of carbonyl (C=O) groups excluding carboxylic acids is 2. The fraction of sp³-hybridized carbons (Fsp3) is 0.286. The quantitative estimate of drug-likeness (QED) is 0.332. The Labute approximate surface area is 234 Å². The number of nitrogens with one attached hydrogen (secondary N) is 1. The van der Waals surface area contributed by atoms with E-state index in [1.807, 2.05) is 37.3 Å². The first-order valence-electron chi connectivity index (χ1n) is 12.2. The van der Waals surface area contributed by atoms with E-state index in [9.17, 15) is 18.0 Å². The number of sulfonamides is 1. The van der Waals surface area contributed by atoms with Gasteiger partial charge in [0.05, 0.1) is 11.9 Å². The van der Waals surface area contributed by atoms with Gasteiger partial charge in [0.15, 0.2) is 0 Å². The van der Waals surface area contributed by atoms with Gasteiger partial charge in [-0.2, -0.15) is 0 Å². The van der Waals surface area contributed by atoms with Crippen LogP contribution in [0.25, 0.3) is 0 Å². The molecule has 10 heteroatoms. The van der Waals surface area contributed by atoms with E-state index < -0.39 is 28.5 Å². The molecule has 0 saturated heterocycles. The van der Waals surface area contributed by atoms with Gasteiger partial charge in [-0.1, -0.05) is 78.7 Å². The number of hydrogen-bond donors (Lipinski definition) is 1. The highest BCUT2D eigenvalue weighted by atomic mass is 35.5. The standard InChI is InChI=1S/C28H31Cl2N3O4S/c1-3-15-31-28(35)26(17-21-9-5-4-6-10-21)32(19-22-11-7-12-23(29)16-22)27(34)20-33(38(2,36)37)25-14-8-13-24(30)18-25/h4-14,16,18,26H,3,15,17,19-20H2,1-2H3,(H,31,35)/t26-/m0/s1. The summed E-state index contributed by atoms with van der Waals surface area (Å²) in [4.78, 5) is 28.8. The lowest BCUT2D eigenvalue weighted by atomic mass is 10.0. The molecule has 0 saturated carbocycles. The number of rotatable bonds is 12. The SMILES string of the molecule is CCCNC(=O)[C@H](Cc1ccccc1)N(Cc1cccc(Cl)c1)C(=O)CN(c1cccc(Cl)c1)S(C)(=O)=O. The normalized spacial score (nSPS) is 12.0. The Morgan fingerprint density at radius 3 is 2.13 bits per heavy atom. The predicted molar refractivity (Wildman–Crippen MR) is 153 cm³/mol. The second-order valence-corrected chi connectivity index (χ2v) is 11.7. The third kappa shape index (κ3) is 8.48. The molecule has 7 nitrogen and oxygen atoms in total. The Balaban J connectivity index is 2.04. The van der Waals surface area contributed by atoms with E-state index in [2.05, 4.69) is 5.32 Å². The van der Waals surface area contributed by atoms with Crippen LogP contribution in [0.3, 0.4) is 0 Å². The lowest BCUT2D eigenvalue weighted by molar-refractivity contribution is -0.140. The molecule has 0 heterocycles. The maximum absolute atomic E-state index is 13.9. The van der Waals surface area contributed by atoms with Gasteiger partial charge < -0.3 is 10.2 Å². The van der Waals surface area contributed by atoms with Crippen LogP contribution in [0.2, 0.25) is 10.0 Å². The summed E-state index contributed by atoms with van der Waals surface area (Å²) < 4.78 is 26.5. The van der Waals surface area contributed by atoms with Crippen molar-refractivity contribution in [3.8, 4) is 0 Å². The van der Waals surface area contributed by atoms with Crippen LogP contribution >= 0.6 is 23.2 Å². The monoisotopic (exact) mass is 575 g/mol. The predicted octanol–water partition coefficient (Wildman–Crippen LogP) is 4.93. The molecule has 38 heavy (non-hydrogen) atoms. The van der Waals surface area contributed by atoms with E-state index in [1.54, 1.807) is 42.5 Å². The van der Waals surface area contributed by atoms with Gasteiger partial charge in [-0.05, 0) is 47.9 Å². The van der Waals surface area contributed by atoms with Crippen molar-refractivity contribution in [2.45, 2.75) is 32.4 Å². The van der Waals surface area contributed by atoms with Crippen molar-refractivity contribution < 1.29 is 18.0 Å². The van der Waals surface area contributed by atoms with E-state index in [1.165, 1.54) is 11.0 Å². The molecule has 1 N–H and O–H groups in total. The summed E-state index contributed by atoms with van der Waals surface area (Å²) >= 11 is 12.3. The smallest absolute Gasteiger partial charge is 0.244 e. The molecule has 0 spiro atoms. The van der Waals surface area contributed by atoms with Crippen LogP contribution in [0, 0.1) is 0 Å². The maximum atomic E-state index is 13.9. The molecule has 0 fully saturated rings. The lowest BCUT2D eigenvalue weighted by Crippen LogP contribution is -2.53. The molecule has 0 aliphatic rings. The van der Waals surface area contributed by atoms with Crippen LogP contribution in [0.4, 0.5) is 5.69 Å². The minimum absolute atomic E-state index is 0.0591. The van der Waals surface area contributed by atoms with Gasteiger partial charge in [0.2, 0.25) is 21.8 Å². The minimum Gasteiger partial charge on any atom is -0.354 e. The zero-order chi connectivity index (χ0) is 27.7. The Kier molecular flexibility index (Phi) is 10.6. The van der Waals surface area contributed by atoms with Gasteiger partial charge in [-0.25, -0.2) is 8.42 Å². The third-order valence-electron chi connectivity index (χ3n) is 5.84. The summed E-state index contributed by atoms with van der Waals surface area (Å²) in [6, 6.07) is 21.8. The van der Waals surface area contributed by atoms with E-state index in [-0.39, 0.29) is 24.6 Å². The van der Waals surface area contributed by atoms with Gasteiger partial charge in [0, 0.05) is 29.6 Å². The lowest BCUT2D eigenvalue weighted by Gasteiger charge is -2.33. The molecular formula is C28H31Cl2N3O4S. The molecule has 0 aromatic heterocycles. The van der Waals surface area contributed by atoms with Crippen molar-refractivity contribution in [1.82, 2.24) is 10.2 Å². The van der Waals surface area contributed by atoms with Gasteiger partial charge in [0.1, 0.15) is 12.6 Å². The summed E-state index contributed by atoms with van der Waals surface area (Å²) in [5, 5.41) is 3.72. The third-order valence-corrected chi connectivity index (χ3v) is 7.45. The Hall–Kier alpha value is -3.07. The average Bonchev–Trinajstić information content (AvgIpc) is 2.87. The van der Waals surface area contributed by atoms with Crippen molar-refractivity contribution >= 4 is 50.7 Å². The minimum atomic E-state index is -3.86. The number of carbonyl (C=O) groups is 2. The first kappa shape index (κ1) is 29.5. The Bertz CT molecular complexity index is 1350. The summed E-state index contributed by atoms with van der Waals surface area (Å²) in [6.07, 6.45) is 2.00. The zero-order valence-corrected chi connectivity index (χ0v) is 23.6. The molecular weight excluding hydrogens is 545 g/mol.